The van der Waals surface area contributed by atoms with E-state index < -0.39 is 11.6 Å². The van der Waals surface area contributed by atoms with E-state index in [9.17, 15) is 5.11 Å². The van der Waals surface area contributed by atoms with E-state index in [0.29, 0.717) is 19.4 Å². The van der Waals surface area contributed by atoms with E-state index in [1.165, 1.54) is 0 Å². The Morgan fingerprint density at radius 3 is 2.30 bits per heavy atom. The molecule has 114 valence electrons. The maximum atomic E-state index is 10.2. The zero-order valence-electron chi connectivity index (χ0n) is 13.2. The Bertz CT molecular complexity index is 350. The van der Waals surface area contributed by atoms with Gasteiger partial charge in [0.25, 0.3) is 0 Å². The molecule has 1 atom stereocenters. The summed E-state index contributed by atoms with van der Waals surface area (Å²) in [6, 6.07) is 0. The van der Waals surface area contributed by atoms with Crippen LogP contribution in [0, 0.1) is 12.3 Å². The summed E-state index contributed by atoms with van der Waals surface area (Å²) in [7, 11) is 0. The number of unbranched alkanes of at least 4 members (excludes halogenated alkanes) is 1. The van der Waals surface area contributed by atoms with E-state index in [4.69, 9.17) is 15.9 Å². The first-order valence-corrected chi connectivity index (χ1v) is 7.19. The number of ether oxygens (including phenoxy) is 2. The summed E-state index contributed by atoms with van der Waals surface area (Å²) in [5, 5.41) is 10.2. The monoisotopic (exact) mass is 280 g/mol. The third-order valence-electron chi connectivity index (χ3n) is 2.68. The van der Waals surface area contributed by atoms with Crippen molar-refractivity contribution in [3.63, 3.8) is 0 Å². The molecule has 20 heavy (non-hydrogen) atoms. The van der Waals surface area contributed by atoms with E-state index in [2.05, 4.69) is 18.1 Å². The van der Waals surface area contributed by atoms with Crippen LogP contribution in [-0.2, 0) is 9.47 Å². The second kappa shape index (κ2) is 9.77. The van der Waals surface area contributed by atoms with Crippen molar-refractivity contribution >= 4 is 0 Å². The maximum absolute atomic E-state index is 10.2. The summed E-state index contributed by atoms with van der Waals surface area (Å²) in [5.41, 5.74) is 0. The SMILES string of the molecule is C#CC(O)(CC/C=C/CC/C=C/C)OC(C)(C)OCC. The van der Waals surface area contributed by atoms with Crippen LogP contribution >= 0.6 is 0 Å². The molecule has 0 aromatic rings. The lowest BCUT2D eigenvalue weighted by molar-refractivity contribution is -0.311. The van der Waals surface area contributed by atoms with Crippen molar-refractivity contribution in [3.8, 4) is 12.3 Å². The predicted molar refractivity (Wildman–Crippen MR) is 83.0 cm³/mol. The molecule has 0 aromatic heterocycles. The van der Waals surface area contributed by atoms with Gasteiger partial charge in [0.1, 0.15) is 0 Å². The molecule has 0 fully saturated rings. The highest BCUT2D eigenvalue weighted by molar-refractivity contribution is 5.03. The van der Waals surface area contributed by atoms with Crippen molar-refractivity contribution in [3.05, 3.63) is 24.3 Å². The van der Waals surface area contributed by atoms with Gasteiger partial charge in [-0.1, -0.05) is 24.3 Å². The van der Waals surface area contributed by atoms with Gasteiger partial charge < -0.3 is 14.6 Å². The number of rotatable bonds is 10. The third kappa shape index (κ3) is 8.92. The second-order valence-electron chi connectivity index (χ2n) is 5.02. The number of hydrogen-bond acceptors (Lipinski definition) is 3. The van der Waals surface area contributed by atoms with Gasteiger partial charge in [0.2, 0.25) is 5.79 Å². The molecule has 0 spiro atoms. The molecule has 3 nitrogen and oxygen atoms in total. The van der Waals surface area contributed by atoms with E-state index in [0.717, 1.165) is 12.8 Å². The van der Waals surface area contributed by atoms with Gasteiger partial charge in [-0.3, -0.25) is 0 Å². The van der Waals surface area contributed by atoms with Crippen LogP contribution in [0.4, 0.5) is 0 Å². The lowest BCUT2D eigenvalue weighted by Gasteiger charge is -2.33. The number of aliphatic hydroxyl groups is 1. The average molecular weight is 280 g/mol. The minimum Gasteiger partial charge on any atom is -0.356 e. The molecule has 0 aliphatic heterocycles. The smallest absolute Gasteiger partial charge is 0.233 e. The summed E-state index contributed by atoms with van der Waals surface area (Å²) in [6.07, 6.45) is 16.7. The average Bonchev–Trinajstić information content (AvgIpc) is 2.37. The molecule has 0 bridgehead atoms. The molecule has 0 heterocycles. The van der Waals surface area contributed by atoms with Crippen LogP contribution in [-0.4, -0.2) is 23.3 Å². The van der Waals surface area contributed by atoms with Crippen molar-refractivity contribution in [1.29, 1.82) is 0 Å². The lowest BCUT2D eigenvalue weighted by atomic mass is 10.1. The van der Waals surface area contributed by atoms with Crippen LogP contribution in [0.15, 0.2) is 24.3 Å². The third-order valence-corrected chi connectivity index (χ3v) is 2.68. The molecule has 0 amide bonds. The molecule has 0 saturated heterocycles. The quantitative estimate of drug-likeness (QED) is 0.286. The Labute approximate surface area is 123 Å². The fourth-order valence-electron chi connectivity index (χ4n) is 1.81. The second-order valence-corrected chi connectivity index (χ2v) is 5.02. The Balaban J connectivity index is 4.22. The highest BCUT2D eigenvalue weighted by Crippen LogP contribution is 2.23. The Hall–Kier alpha value is -1.08. The molecule has 0 radical (unpaired) electrons. The number of hydrogen-bond donors (Lipinski definition) is 1. The highest BCUT2D eigenvalue weighted by atomic mass is 16.8. The Morgan fingerprint density at radius 2 is 1.75 bits per heavy atom. The first-order valence-electron chi connectivity index (χ1n) is 7.19. The zero-order valence-corrected chi connectivity index (χ0v) is 13.2. The Morgan fingerprint density at radius 1 is 1.15 bits per heavy atom. The molecule has 1 unspecified atom stereocenters. The summed E-state index contributed by atoms with van der Waals surface area (Å²) in [5.74, 6) is -0.176. The zero-order chi connectivity index (χ0) is 15.5. The maximum Gasteiger partial charge on any atom is 0.233 e. The minimum absolute atomic E-state index is 0.347. The normalized spacial score (nSPS) is 15.6. The van der Waals surface area contributed by atoms with Crippen LogP contribution in [0.1, 0.15) is 53.4 Å². The molecular weight excluding hydrogens is 252 g/mol. The van der Waals surface area contributed by atoms with E-state index in [-0.39, 0.29) is 0 Å². The van der Waals surface area contributed by atoms with Gasteiger partial charge in [-0.15, -0.1) is 6.42 Å². The van der Waals surface area contributed by atoms with Crippen molar-refractivity contribution in [2.75, 3.05) is 6.61 Å². The number of terminal acetylenes is 1. The van der Waals surface area contributed by atoms with E-state index in [1.807, 2.05) is 26.0 Å². The van der Waals surface area contributed by atoms with Crippen LogP contribution in [0.3, 0.4) is 0 Å². The van der Waals surface area contributed by atoms with Crippen LogP contribution in [0.5, 0.6) is 0 Å². The first kappa shape index (κ1) is 18.9. The summed E-state index contributed by atoms with van der Waals surface area (Å²) >= 11 is 0. The van der Waals surface area contributed by atoms with Gasteiger partial charge in [-0.2, -0.15) is 0 Å². The Kier molecular flexibility index (Phi) is 9.24. The van der Waals surface area contributed by atoms with Gasteiger partial charge in [0.15, 0.2) is 5.79 Å². The lowest BCUT2D eigenvalue weighted by Crippen LogP contribution is -2.42. The molecule has 1 N–H and O–H groups in total. The largest absolute Gasteiger partial charge is 0.356 e. The van der Waals surface area contributed by atoms with Crippen LogP contribution in [0.25, 0.3) is 0 Å². The molecule has 0 aliphatic carbocycles. The predicted octanol–water partition coefficient (Wildman–Crippen LogP) is 3.79. The topological polar surface area (TPSA) is 38.7 Å². The van der Waals surface area contributed by atoms with Gasteiger partial charge in [0, 0.05) is 13.0 Å². The molecule has 0 saturated carbocycles. The van der Waals surface area contributed by atoms with E-state index in [1.54, 1.807) is 13.8 Å². The molecule has 0 aliphatic rings. The fourth-order valence-corrected chi connectivity index (χ4v) is 1.81. The van der Waals surface area contributed by atoms with Crippen molar-refractivity contribution in [2.45, 2.75) is 65.0 Å². The number of allylic oxidation sites excluding steroid dienone is 4. The van der Waals surface area contributed by atoms with Crippen molar-refractivity contribution in [1.82, 2.24) is 0 Å². The summed E-state index contributed by atoms with van der Waals surface area (Å²) < 4.78 is 10.9. The molecule has 3 heteroatoms. The van der Waals surface area contributed by atoms with Crippen LogP contribution < -0.4 is 0 Å². The summed E-state index contributed by atoms with van der Waals surface area (Å²) in [4.78, 5) is 0. The molecule has 0 rings (SSSR count). The van der Waals surface area contributed by atoms with Gasteiger partial charge >= 0.3 is 0 Å². The van der Waals surface area contributed by atoms with Gasteiger partial charge in [0.05, 0.1) is 0 Å². The van der Waals surface area contributed by atoms with Crippen molar-refractivity contribution in [2.24, 2.45) is 0 Å². The first-order chi connectivity index (χ1) is 9.39. The van der Waals surface area contributed by atoms with Gasteiger partial charge in [-0.05, 0) is 52.9 Å². The van der Waals surface area contributed by atoms with Crippen LogP contribution in [0.2, 0.25) is 0 Å². The summed E-state index contributed by atoms with van der Waals surface area (Å²) in [6.45, 7) is 7.86. The highest BCUT2D eigenvalue weighted by Gasteiger charge is 2.33. The minimum atomic E-state index is -1.59. The standard InChI is InChI=1S/C17H28O3/c1-6-9-10-11-12-13-14-15-17(18,7-2)20-16(4,5)19-8-3/h2,6,9,12-13,18H,8,10-11,14-15H2,1,3-5H3/b9-6+,13-12+. The van der Waals surface area contributed by atoms with Gasteiger partial charge in [-0.25, -0.2) is 0 Å². The fraction of sp³-hybridized carbons (Fsp3) is 0.647. The van der Waals surface area contributed by atoms with Crippen molar-refractivity contribution < 1.29 is 14.6 Å². The molecular formula is C17H28O3. The molecule has 0 aromatic carbocycles. The van der Waals surface area contributed by atoms with E-state index >= 15 is 0 Å².